The molecule has 5 rings (SSSR count). The third kappa shape index (κ3) is 3.06. The second kappa shape index (κ2) is 7.62. The molecule has 32 heavy (non-hydrogen) atoms. The van der Waals surface area contributed by atoms with E-state index in [0.29, 0.717) is 32.9 Å². The molecule has 1 unspecified atom stereocenters. The van der Waals surface area contributed by atoms with Gasteiger partial charge < -0.3 is 9.15 Å². The summed E-state index contributed by atoms with van der Waals surface area (Å²) >= 11 is 5.98. The van der Waals surface area contributed by atoms with Gasteiger partial charge in [0.25, 0.3) is 5.91 Å². The summed E-state index contributed by atoms with van der Waals surface area (Å²) in [4.78, 5) is 44.4. The van der Waals surface area contributed by atoms with Gasteiger partial charge >= 0.3 is 5.97 Å². The molecule has 0 N–H and O–H groups in total. The van der Waals surface area contributed by atoms with Crippen molar-refractivity contribution in [3.05, 3.63) is 105 Å². The highest BCUT2D eigenvalue weighted by Gasteiger charge is 2.44. The number of para-hydroxylation sites is 1. The number of anilines is 1. The quantitative estimate of drug-likeness (QED) is 0.434. The molecule has 0 radical (unpaired) electrons. The lowest BCUT2D eigenvalue weighted by Gasteiger charge is -2.24. The highest BCUT2D eigenvalue weighted by Crippen LogP contribution is 2.40. The zero-order chi connectivity index (χ0) is 22.4. The SMILES string of the molecule is COC(=O)c1ccc(C2c3c(oc4ccccc4c3=O)C(=O)N2c2ccc(Cl)cn2)cc1. The number of nitrogens with zero attached hydrogens (tertiary/aromatic N) is 2. The molecular formula is C24H15ClN2O5. The Morgan fingerprint density at radius 1 is 1.06 bits per heavy atom. The minimum atomic E-state index is -0.793. The van der Waals surface area contributed by atoms with Gasteiger partial charge in [-0.3, -0.25) is 14.5 Å². The second-order valence-electron chi connectivity index (χ2n) is 7.20. The first-order valence-electron chi connectivity index (χ1n) is 9.68. The Kier molecular flexibility index (Phi) is 4.75. The van der Waals surface area contributed by atoms with Crippen LogP contribution in [0.2, 0.25) is 5.02 Å². The topological polar surface area (TPSA) is 89.7 Å². The van der Waals surface area contributed by atoms with Crippen LogP contribution in [0.3, 0.4) is 0 Å². The molecule has 0 aliphatic carbocycles. The van der Waals surface area contributed by atoms with Gasteiger partial charge in [0, 0.05) is 6.20 Å². The molecule has 7 nitrogen and oxygen atoms in total. The van der Waals surface area contributed by atoms with Crippen molar-refractivity contribution < 1.29 is 18.7 Å². The van der Waals surface area contributed by atoms with Crippen LogP contribution in [-0.2, 0) is 4.74 Å². The predicted octanol–water partition coefficient (Wildman–Crippen LogP) is 4.38. The Labute approximate surface area is 186 Å². The average molecular weight is 447 g/mol. The number of rotatable bonds is 3. The van der Waals surface area contributed by atoms with E-state index in [4.69, 9.17) is 20.8 Å². The van der Waals surface area contributed by atoms with Crippen molar-refractivity contribution in [3.63, 3.8) is 0 Å². The van der Waals surface area contributed by atoms with Crippen molar-refractivity contribution in [1.82, 2.24) is 4.98 Å². The zero-order valence-corrected chi connectivity index (χ0v) is 17.5. The number of hydrogen-bond donors (Lipinski definition) is 0. The molecule has 2 aromatic heterocycles. The van der Waals surface area contributed by atoms with E-state index in [9.17, 15) is 14.4 Å². The maximum atomic E-state index is 13.4. The molecule has 3 heterocycles. The van der Waals surface area contributed by atoms with Crippen molar-refractivity contribution in [2.24, 2.45) is 0 Å². The van der Waals surface area contributed by atoms with E-state index in [0.717, 1.165) is 0 Å². The van der Waals surface area contributed by atoms with E-state index in [1.54, 1.807) is 60.7 Å². The average Bonchev–Trinajstić information content (AvgIpc) is 3.12. The van der Waals surface area contributed by atoms with E-state index in [1.165, 1.54) is 18.2 Å². The summed E-state index contributed by atoms with van der Waals surface area (Å²) in [6, 6.07) is 15.7. The Morgan fingerprint density at radius 2 is 1.81 bits per heavy atom. The minimum Gasteiger partial charge on any atom is -0.465 e. The summed E-state index contributed by atoms with van der Waals surface area (Å²) < 4.78 is 10.6. The number of esters is 1. The van der Waals surface area contributed by atoms with E-state index in [2.05, 4.69) is 4.98 Å². The smallest absolute Gasteiger partial charge is 0.337 e. The molecule has 2 aromatic carbocycles. The standard InChI is InChI=1S/C24H15ClN2O5/c1-31-24(30)14-8-6-13(7-9-14)20-19-21(28)16-4-2-3-5-17(16)32-22(19)23(29)27(20)18-11-10-15(25)12-26-18/h2-12,20H,1H3. The third-order valence-corrected chi connectivity index (χ3v) is 5.61. The van der Waals surface area contributed by atoms with Gasteiger partial charge in [0.15, 0.2) is 5.43 Å². The van der Waals surface area contributed by atoms with Crippen molar-refractivity contribution in [3.8, 4) is 0 Å². The normalized spacial score (nSPS) is 15.1. The first kappa shape index (κ1) is 20.0. The van der Waals surface area contributed by atoms with Crippen LogP contribution in [0.5, 0.6) is 0 Å². The number of halogens is 1. The second-order valence-corrected chi connectivity index (χ2v) is 7.63. The molecule has 1 atom stereocenters. The summed E-state index contributed by atoms with van der Waals surface area (Å²) in [7, 11) is 1.30. The van der Waals surface area contributed by atoms with Gasteiger partial charge in [-0.2, -0.15) is 0 Å². The fraction of sp³-hybridized carbons (Fsp3) is 0.0833. The first-order valence-corrected chi connectivity index (χ1v) is 10.1. The van der Waals surface area contributed by atoms with E-state index >= 15 is 0 Å². The molecular weight excluding hydrogens is 432 g/mol. The van der Waals surface area contributed by atoms with Gasteiger partial charge in [0.1, 0.15) is 11.4 Å². The first-order chi connectivity index (χ1) is 15.5. The van der Waals surface area contributed by atoms with Gasteiger partial charge in [0.2, 0.25) is 5.76 Å². The van der Waals surface area contributed by atoms with Crippen LogP contribution in [-0.4, -0.2) is 24.0 Å². The minimum absolute atomic E-state index is 0.0347. The summed E-state index contributed by atoms with van der Waals surface area (Å²) in [5.41, 5.74) is 1.21. The van der Waals surface area contributed by atoms with E-state index in [1.807, 2.05) is 0 Å². The number of ether oxygens (including phenoxy) is 1. The number of pyridine rings is 1. The van der Waals surface area contributed by atoms with Crippen LogP contribution in [0.15, 0.2) is 76.1 Å². The van der Waals surface area contributed by atoms with Crippen LogP contribution in [0.4, 0.5) is 5.82 Å². The van der Waals surface area contributed by atoms with Crippen LogP contribution >= 0.6 is 11.6 Å². The number of methoxy groups -OCH3 is 1. The zero-order valence-electron chi connectivity index (χ0n) is 16.7. The van der Waals surface area contributed by atoms with Crippen LogP contribution in [0, 0.1) is 0 Å². The summed E-state index contributed by atoms with van der Waals surface area (Å²) in [5, 5.41) is 0.790. The van der Waals surface area contributed by atoms with E-state index in [-0.39, 0.29) is 16.8 Å². The number of amides is 1. The summed E-state index contributed by atoms with van der Waals surface area (Å²) in [6.45, 7) is 0. The molecule has 1 aliphatic heterocycles. The van der Waals surface area contributed by atoms with Crippen LogP contribution in [0.1, 0.15) is 38.1 Å². The molecule has 0 spiro atoms. The maximum absolute atomic E-state index is 13.4. The Morgan fingerprint density at radius 3 is 2.50 bits per heavy atom. The van der Waals surface area contributed by atoms with Crippen molar-refractivity contribution in [2.75, 3.05) is 12.0 Å². The number of carbonyl (C=O) groups is 2. The highest BCUT2D eigenvalue weighted by atomic mass is 35.5. The molecule has 8 heteroatoms. The third-order valence-electron chi connectivity index (χ3n) is 5.38. The van der Waals surface area contributed by atoms with Crippen LogP contribution in [0.25, 0.3) is 11.0 Å². The Balaban J connectivity index is 1.75. The number of carbonyl (C=O) groups excluding carboxylic acids is 2. The number of aromatic nitrogens is 1. The van der Waals surface area contributed by atoms with Gasteiger partial charge in [-0.1, -0.05) is 35.9 Å². The molecule has 0 saturated carbocycles. The Hall–Kier alpha value is -3.97. The highest BCUT2D eigenvalue weighted by molar-refractivity contribution is 6.30. The number of hydrogen-bond acceptors (Lipinski definition) is 6. The largest absolute Gasteiger partial charge is 0.465 e. The fourth-order valence-corrected chi connectivity index (χ4v) is 4.01. The van der Waals surface area contributed by atoms with Crippen molar-refractivity contribution in [2.45, 2.75) is 6.04 Å². The van der Waals surface area contributed by atoms with Gasteiger partial charge in [-0.15, -0.1) is 0 Å². The molecule has 0 fully saturated rings. The number of benzene rings is 2. The van der Waals surface area contributed by atoms with Gasteiger partial charge in [-0.05, 0) is 42.0 Å². The monoisotopic (exact) mass is 446 g/mol. The lowest BCUT2D eigenvalue weighted by Crippen LogP contribution is -2.30. The molecule has 1 aliphatic rings. The molecule has 0 saturated heterocycles. The lowest BCUT2D eigenvalue weighted by molar-refractivity contribution is 0.0600. The van der Waals surface area contributed by atoms with Crippen molar-refractivity contribution in [1.29, 1.82) is 0 Å². The molecule has 4 aromatic rings. The molecule has 1 amide bonds. The lowest BCUT2D eigenvalue weighted by atomic mass is 9.97. The number of fused-ring (bicyclic) bond motifs is 2. The van der Waals surface area contributed by atoms with Crippen molar-refractivity contribution >= 4 is 40.3 Å². The molecule has 0 bridgehead atoms. The van der Waals surface area contributed by atoms with Crippen LogP contribution < -0.4 is 10.3 Å². The summed E-state index contributed by atoms with van der Waals surface area (Å²) in [6.07, 6.45) is 1.43. The summed E-state index contributed by atoms with van der Waals surface area (Å²) in [5.74, 6) is -0.690. The maximum Gasteiger partial charge on any atom is 0.337 e. The fourth-order valence-electron chi connectivity index (χ4n) is 3.90. The van der Waals surface area contributed by atoms with Gasteiger partial charge in [0.05, 0.1) is 34.7 Å². The predicted molar refractivity (Wildman–Crippen MR) is 118 cm³/mol. The molecule has 158 valence electrons. The van der Waals surface area contributed by atoms with Gasteiger partial charge in [-0.25, -0.2) is 9.78 Å². The van der Waals surface area contributed by atoms with E-state index < -0.39 is 17.9 Å². The Bertz CT molecular complexity index is 1430.